The number of aromatic nitrogens is 4. The quantitative estimate of drug-likeness (QED) is 0.506. The van der Waals surface area contributed by atoms with Crippen LogP contribution in [0.1, 0.15) is 34.1 Å². The average Bonchev–Trinajstić information content (AvgIpc) is 3.47. The molecule has 9 nitrogen and oxygen atoms in total. The second-order valence-electron chi connectivity index (χ2n) is 7.94. The summed E-state index contributed by atoms with van der Waals surface area (Å²) < 4.78 is 6.36. The van der Waals surface area contributed by atoms with Gasteiger partial charge in [-0.1, -0.05) is 35.0 Å². The number of methoxy groups -OCH3 is 1. The first-order chi connectivity index (χ1) is 16.0. The van der Waals surface area contributed by atoms with Gasteiger partial charge in [0, 0.05) is 37.1 Å². The van der Waals surface area contributed by atoms with Gasteiger partial charge < -0.3 is 10.1 Å². The minimum Gasteiger partial charge on any atom is -0.464 e. The Kier molecular flexibility index (Phi) is 7.31. The third kappa shape index (κ3) is 5.74. The molecule has 33 heavy (non-hydrogen) atoms. The van der Waals surface area contributed by atoms with Crippen molar-refractivity contribution in [3.8, 4) is 0 Å². The maximum absolute atomic E-state index is 13.1. The SMILES string of the molecule is COC(=O)c1cn([C@H]2C[C@@H](C(=O)NCCc3cccc(Cl)c3)N(Cc3cccnc3)C2)nn1. The number of nitrogens with one attached hydrogen (secondary N) is 1. The van der Waals surface area contributed by atoms with E-state index in [4.69, 9.17) is 16.3 Å². The summed E-state index contributed by atoms with van der Waals surface area (Å²) in [6, 6.07) is 11.0. The van der Waals surface area contributed by atoms with E-state index in [1.165, 1.54) is 7.11 Å². The monoisotopic (exact) mass is 468 g/mol. The molecule has 0 radical (unpaired) electrons. The molecule has 0 aliphatic carbocycles. The van der Waals surface area contributed by atoms with Gasteiger partial charge in [-0.2, -0.15) is 0 Å². The Labute approximate surface area is 196 Å². The second-order valence-corrected chi connectivity index (χ2v) is 8.38. The number of rotatable bonds is 8. The molecule has 1 fully saturated rings. The zero-order valence-electron chi connectivity index (χ0n) is 18.2. The van der Waals surface area contributed by atoms with E-state index in [1.54, 1.807) is 23.3 Å². The van der Waals surface area contributed by atoms with E-state index in [-0.39, 0.29) is 23.7 Å². The summed E-state index contributed by atoms with van der Waals surface area (Å²) in [7, 11) is 1.30. The van der Waals surface area contributed by atoms with Crippen molar-refractivity contribution in [2.45, 2.75) is 31.5 Å². The maximum atomic E-state index is 13.1. The molecule has 1 saturated heterocycles. The fraction of sp³-hybridized carbons (Fsp3) is 0.348. The molecule has 1 N–H and O–H groups in total. The van der Waals surface area contributed by atoms with Crippen molar-refractivity contribution < 1.29 is 14.3 Å². The summed E-state index contributed by atoms with van der Waals surface area (Å²) in [5.41, 5.74) is 2.23. The lowest BCUT2D eigenvalue weighted by atomic mass is 10.1. The number of hydrogen-bond acceptors (Lipinski definition) is 7. The van der Waals surface area contributed by atoms with Crippen LogP contribution in [0.2, 0.25) is 5.02 Å². The van der Waals surface area contributed by atoms with Crippen LogP contribution < -0.4 is 5.32 Å². The van der Waals surface area contributed by atoms with Crippen LogP contribution in [-0.4, -0.2) is 63.0 Å². The zero-order chi connectivity index (χ0) is 23.2. The highest BCUT2D eigenvalue weighted by atomic mass is 35.5. The molecule has 1 aromatic carbocycles. The van der Waals surface area contributed by atoms with Gasteiger partial charge >= 0.3 is 5.97 Å². The molecule has 0 spiro atoms. The summed E-state index contributed by atoms with van der Waals surface area (Å²) in [6.45, 7) is 1.68. The molecule has 4 rings (SSSR count). The van der Waals surface area contributed by atoms with Crippen LogP contribution in [0.15, 0.2) is 55.0 Å². The Bertz CT molecular complexity index is 1110. The lowest BCUT2D eigenvalue weighted by molar-refractivity contribution is -0.125. The first kappa shape index (κ1) is 22.9. The molecular formula is C23H25ClN6O3. The van der Waals surface area contributed by atoms with Crippen molar-refractivity contribution >= 4 is 23.5 Å². The minimum absolute atomic E-state index is 0.0447. The molecular weight excluding hydrogens is 444 g/mol. The molecule has 3 aromatic rings. The van der Waals surface area contributed by atoms with E-state index in [2.05, 4.69) is 25.5 Å². The topological polar surface area (TPSA) is 102 Å². The number of carbonyl (C=O) groups is 2. The van der Waals surface area contributed by atoms with E-state index >= 15 is 0 Å². The number of esters is 1. The van der Waals surface area contributed by atoms with Gasteiger partial charge in [0.05, 0.1) is 25.4 Å². The van der Waals surface area contributed by atoms with E-state index in [9.17, 15) is 9.59 Å². The summed E-state index contributed by atoms with van der Waals surface area (Å²) >= 11 is 6.05. The van der Waals surface area contributed by atoms with Gasteiger partial charge in [-0.05, 0) is 42.2 Å². The predicted molar refractivity (Wildman–Crippen MR) is 122 cm³/mol. The van der Waals surface area contributed by atoms with Crippen LogP contribution in [0, 0.1) is 0 Å². The molecule has 2 atom stereocenters. The van der Waals surface area contributed by atoms with E-state index in [0.717, 1.165) is 11.1 Å². The molecule has 3 heterocycles. The number of likely N-dealkylation sites (tertiary alicyclic amines) is 1. The van der Waals surface area contributed by atoms with Crippen LogP contribution in [0.25, 0.3) is 0 Å². The first-order valence-electron chi connectivity index (χ1n) is 10.7. The van der Waals surface area contributed by atoms with E-state index < -0.39 is 5.97 Å². The Morgan fingerprint density at radius 1 is 1.24 bits per heavy atom. The molecule has 0 unspecified atom stereocenters. The Morgan fingerprint density at radius 2 is 2.09 bits per heavy atom. The molecule has 1 aliphatic rings. The maximum Gasteiger partial charge on any atom is 0.360 e. The summed E-state index contributed by atoms with van der Waals surface area (Å²) in [5, 5.41) is 11.7. The van der Waals surface area contributed by atoms with Gasteiger partial charge in [-0.3, -0.25) is 14.7 Å². The highest BCUT2D eigenvalue weighted by Crippen LogP contribution is 2.28. The van der Waals surface area contributed by atoms with Crippen molar-refractivity contribution in [2.24, 2.45) is 0 Å². The molecule has 0 bridgehead atoms. The van der Waals surface area contributed by atoms with Gasteiger partial charge in [-0.15, -0.1) is 5.10 Å². The second kappa shape index (κ2) is 10.5. The number of ether oxygens (including phenoxy) is 1. The fourth-order valence-corrected chi connectivity index (χ4v) is 4.25. The van der Waals surface area contributed by atoms with Crippen molar-refractivity contribution in [1.82, 2.24) is 30.2 Å². The molecule has 0 saturated carbocycles. The number of pyridine rings is 1. The van der Waals surface area contributed by atoms with E-state index in [1.807, 2.05) is 36.4 Å². The van der Waals surface area contributed by atoms with Gasteiger partial charge in [0.25, 0.3) is 0 Å². The average molecular weight is 469 g/mol. The lowest BCUT2D eigenvalue weighted by Crippen LogP contribution is -2.43. The zero-order valence-corrected chi connectivity index (χ0v) is 19.0. The van der Waals surface area contributed by atoms with Crippen LogP contribution in [0.5, 0.6) is 0 Å². The normalized spacial score (nSPS) is 18.2. The Hall–Kier alpha value is -3.30. The van der Waals surface area contributed by atoms with Crippen molar-refractivity contribution in [3.63, 3.8) is 0 Å². The third-order valence-corrected chi connectivity index (χ3v) is 5.91. The van der Waals surface area contributed by atoms with Crippen molar-refractivity contribution in [3.05, 3.63) is 76.8 Å². The molecule has 1 amide bonds. The van der Waals surface area contributed by atoms with Gasteiger partial charge in [-0.25, -0.2) is 9.48 Å². The molecule has 1 aliphatic heterocycles. The number of benzene rings is 1. The van der Waals surface area contributed by atoms with Crippen molar-refractivity contribution in [1.29, 1.82) is 0 Å². The van der Waals surface area contributed by atoms with Crippen LogP contribution >= 0.6 is 11.6 Å². The van der Waals surface area contributed by atoms with Gasteiger partial charge in [0.2, 0.25) is 5.91 Å². The number of hydrogen-bond donors (Lipinski definition) is 1. The number of amides is 1. The summed E-state index contributed by atoms with van der Waals surface area (Å²) in [4.78, 5) is 31.2. The molecule has 2 aromatic heterocycles. The van der Waals surface area contributed by atoms with Gasteiger partial charge in [0.15, 0.2) is 5.69 Å². The van der Waals surface area contributed by atoms with Crippen LogP contribution in [0.4, 0.5) is 0 Å². The lowest BCUT2D eigenvalue weighted by Gasteiger charge is -2.23. The summed E-state index contributed by atoms with van der Waals surface area (Å²) in [6.07, 6.45) is 6.33. The van der Waals surface area contributed by atoms with Crippen molar-refractivity contribution in [2.75, 3.05) is 20.2 Å². The van der Waals surface area contributed by atoms with Crippen LogP contribution in [-0.2, 0) is 22.5 Å². The highest BCUT2D eigenvalue weighted by Gasteiger charge is 2.38. The van der Waals surface area contributed by atoms with Crippen LogP contribution in [0.3, 0.4) is 0 Å². The largest absolute Gasteiger partial charge is 0.464 e. The fourth-order valence-electron chi connectivity index (χ4n) is 4.04. The number of halogens is 1. The van der Waals surface area contributed by atoms with Gasteiger partial charge in [0.1, 0.15) is 0 Å². The third-order valence-electron chi connectivity index (χ3n) is 5.67. The Morgan fingerprint density at radius 3 is 2.85 bits per heavy atom. The number of carbonyl (C=O) groups excluding carboxylic acids is 2. The van der Waals surface area contributed by atoms with E-state index in [0.29, 0.717) is 37.5 Å². The predicted octanol–water partition coefficient (Wildman–Crippen LogP) is 2.29. The Balaban J connectivity index is 1.44. The highest BCUT2D eigenvalue weighted by molar-refractivity contribution is 6.30. The number of nitrogens with zero attached hydrogens (tertiary/aromatic N) is 5. The standard InChI is InChI=1S/C23H25ClN6O3/c1-33-23(32)20-15-30(28-27-20)19-11-21(29(14-19)13-17-5-3-8-25-12-17)22(31)26-9-7-16-4-2-6-18(24)10-16/h2-6,8,10,12,15,19,21H,7,9,11,13-14H2,1H3,(H,26,31)/t19-,21-/m0/s1. The first-order valence-corrected chi connectivity index (χ1v) is 11.1. The minimum atomic E-state index is -0.540. The smallest absolute Gasteiger partial charge is 0.360 e. The molecule has 172 valence electrons. The molecule has 10 heteroatoms. The summed E-state index contributed by atoms with van der Waals surface area (Å²) in [5.74, 6) is -0.585.